The molecule has 0 unspecified atom stereocenters. The predicted octanol–water partition coefficient (Wildman–Crippen LogP) is 3.18. The van der Waals surface area contributed by atoms with Crippen molar-refractivity contribution in [2.24, 2.45) is 17.8 Å². The van der Waals surface area contributed by atoms with Gasteiger partial charge in [0.25, 0.3) is 0 Å². The van der Waals surface area contributed by atoms with Gasteiger partial charge >= 0.3 is 0 Å². The molecule has 4 atom stereocenters. The molecule has 1 N–H and O–H groups in total. The molecular weight excluding hydrogens is 412 g/mol. The standard InChI is InChI=1S/C23H34N4O3S/c1-5-27-21-9-8-18(31(29,30)26(3)4)14-20(21)25-22(27)10-11-23(28)24-15(2)19-13-16-6-7-17(19)12-16/h8-9,14-17,19H,5-7,10-13H2,1-4H3,(H,24,28)/t15-,16+,17+,19-/m1/s1. The Hall–Kier alpha value is -1.93. The summed E-state index contributed by atoms with van der Waals surface area (Å²) in [6.07, 6.45) is 6.21. The highest BCUT2D eigenvalue weighted by Gasteiger charge is 2.42. The Bertz CT molecular complexity index is 1080. The Labute approximate surface area is 185 Å². The van der Waals surface area contributed by atoms with Gasteiger partial charge in [0.1, 0.15) is 5.82 Å². The topological polar surface area (TPSA) is 84.3 Å². The molecule has 0 aliphatic heterocycles. The Morgan fingerprint density at radius 1 is 1.29 bits per heavy atom. The van der Waals surface area contributed by atoms with Gasteiger partial charge in [0, 0.05) is 39.5 Å². The van der Waals surface area contributed by atoms with Crippen LogP contribution < -0.4 is 5.32 Å². The molecule has 31 heavy (non-hydrogen) atoms. The van der Waals surface area contributed by atoms with E-state index < -0.39 is 10.0 Å². The third kappa shape index (κ3) is 4.24. The summed E-state index contributed by atoms with van der Waals surface area (Å²) in [6.45, 7) is 4.90. The fraction of sp³-hybridized carbons (Fsp3) is 0.652. The van der Waals surface area contributed by atoms with Gasteiger partial charge in [-0.25, -0.2) is 17.7 Å². The number of nitrogens with one attached hydrogen (secondary N) is 1. The fourth-order valence-electron chi connectivity index (χ4n) is 5.64. The maximum atomic E-state index is 12.6. The first-order chi connectivity index (χ1) is 14.7. The second-order valence-corrected chi connectivity index (χ2v) is 11.6. The Balaban J connectivity index is 1.44. The van der Waals surface area contributed by atoms with Gasteiger partial charge in [0.2, 0.25) is 15.9 Å². The zero-order valence-electron chi connectivity index (χ0n) is 19.0. The first-order valence-electron chi connectivity index (χ1n) is 11.4. The van der Waals surface area contributed by atoms with E-state index in [1.807, 2.05) is 13.0 Å². The van der Waals surface area contributed by atoms with Crippen molar-refractivity contribution in [1.29, 1.82) is 0 Å². The molecule has 4 rings (SSSR count). The van der Waals surface area contributed by atoms with Crippen molar-refractivity contribution in [2.75, 3.05) is 14.1 Å². The third-order valence-corrected chi connectivity index (χ3v) is 9.10. The van der Waals surface area contributed by atoms with E-state index >= 15 is 0 Å². The van der Waals surface area contributed by atoms with Gasteiger partial charge in [-0.3, -0.25) is 4.79 Å². The van der Waals surface area contributed by atoms with Crippen LogP contribution in [0.15, 0.2) is 23.1 Å². The number of aromatic nitrogens is 2. The molecule has 1 amide bonds. The molecule has 2 aromatic rings. The lowest BCUT2D eigenvalue weighted by atomic mass is 9.84. The molecule has 170 valence electrons. The molecular formula is C23H34N4O3S. The van der Waals surface area contributed by atoms with Crippen molar-refractivity contribution >= 4 is 27.0 Å². The van der Waals surface area contributed by atoms with E-state index in [9.17, 15) is 13.2 Å². The minimum Gasteiger partial charge on any atom is -0.353 e. The van der Waals surface area contributed by atoms with Gasteiger partial charge in [-0.2, -0.15) is 0 Å². The van der Waals surface area contributed by atoms with Crippen LogP contribution >= 0.6 is 0 Å². The summed E-state index contributed by atoms with van der Waals surface area (Å²) in [7, 11) is -0.470. The summed E-state index contributed by atoms with van der Waals surface area (Å²) in [4.78, 5) is 17.5. The summed E-state index contributed by atoms with van der Waals surface area (Å²) in [6, 6.07) is 5.28. The van der Waals surface area contributed by atoms with Crippen molar-refractivity contribution in [3.8, 4) is 0 Å². The minimum absolute atomic E-state index is 0.0702. The molecule has 0 spiro atoms. The van der Waals surface area contributed by atoms with Crippen LogP contribution in [0, 0.1) is 17.8 Å². The van der Waals surface area contributed by atoms with Gasteiger partial charge in [-0.15, -0.1) is 0 Å². The van der Waals surface area contributed by atoms with Gasteiger partial charge in [-0.05, 0) is 69.1 Å². The third-order valence-electron chi connectivity index (χ3n) is 7.29. The highest BCUT2D eigenvalue weighted by atomic mass is 32.2. The number of imidazole rings is 1. The number of rotatable bonds is 8. The molecule has 2 bridgehead atoms. The predicted molar refractivity (Wildman–Crippen MR) is 121 cm³/mol. The van der Waals surface area contributed by atoms with Crippen LogP contribution in [0.3, 0.4) is 0 Å². The van der Waals surface area contributed by atoms with Crippen molar-refractivity contribution in [3.05, 3.63) is 24.0 Å². The molecule has 0 radical (unpaired) electrons. The zero-order chi connectivity index (χ0) is 22.3. The van der Waals surface area contributed by atoms with Crippen molar-refractivity contribution in [3.63, 3.8) is 0 Å². The van der Waals surface area contributed by atoms with E-state index in [2.05, 4.69) is 21.8 Å². The quantitative estimate of drug-likeness (QED) is 0.675. The molecule has 1 aromatic heterocycles. The van der Waals surface area contributed by atoms with E-state index in [1.54, 1.807) is 12.1 Å². The van der Waals surface area contributed by atoms with Crippen LogP contribution in [0.4, 0.5) is 0 Å². The first kappa shape index (κ1) is 22.3. The minimum atomic E-state index is -3.51. The molecule has 1 aromatic carbocycles. The number of carbonyl (C=O) groups excluding carboxylic acids is 1. The number of amides is 1. The largest absolute Gasteiger partial charge is 0.353 e. The molecule has 8 heteroatoms. The highest BCUT2D eigenvalue weighted by molar-refractivity contribution is 7.89. The van der Waals surface area contributed by atoms with Gasteiger partial charge < -0.3 is 9.88 Å². The monoisotopic (exact) mass is 446 g/mol. The lowest BCUT2D eigenvalue weighted by Crippen LogP contribution is -2.40. The van der Waals surface area contributed by atoms with E-state index in [1.165, 1.54) is 44.1 Å². The number of nitrogens with zero attached hydrogens (tertiary/aromatic N) is 3. The molecule has 0 saturated heterocycles. The van der Waals surface area contributed by atoms with E-state index in [0.717, 1.165) is 29.7 Å². The first-order valence-corrected chi connectivity index (χ1v) is 12.9. The summed E-state index contributed by atoms with van der Waals surface area (Å²) in [5.41, 5.74) is 1.54. The molecule has 2 fully saturated rings. The SMILES string of the molecule is CCn1c(CCC(=O)N[C@H](C)[C@H]2C[C@H]3CC[C@H]2C3)nc2cc(S(=O)(=O)N(C)C)ccc21. The van der Waals surface area contributed by atoms with Crippen molar-refractivity contribution < 1.29 is 13.2 Å². The van der Waals surface area contributed by atoms with Crippen molar-refractivity contribution in [2.45, 2.75) is 69.9 Å². The Morgan fingerprint density at radius 2 is 2.06 bits per heavy atom. The van der Waals surface area contributed by atoms with Gasteiger partial charge in [0.15, 0.2) is 0 Å². The highest BCUT2D eigenvalue weighted by Crippen LogP contribution is 2.49. The maximum absolute atomic E-state index is 12.6. The Morgan fingerprint density at radius 3 is 2.68 bits per heavy atom. The lowest BCUT2D eigenvalue weighted by Gasteiger charge is -2.28. The number of sulfonamides is 1. The average Bonchev–Trinajstić information content (AvgIpc) is 3.45. The maximum Gasteiger partial charge on any atom is 0.242 e. The van der Waals surface area contributed by atoms with Crippen LogP contribution in [0.2, 0.25) is 0 Å². The normalized spacial score (nSPS) is 24.2. The number of aryl methyl sites for hydroxylation is 2. The smallest absolute Gasteiger partial charge is 0.242 e. The number of fused-ring (bicyclic) bond motifs is 3. The lowest BCUT2D eigenvalue weighted by molar-refractivity contribution is -0.122. The summed E-state index contributed by atoms with van der Waals surface area (Å²) in [5.74, 6) is 3.18. The van der Waals surface area contributed by atoms with Crippen LogP contribution in [-0.4, -0.2) is 48.3 Å². The average molecular weight is 447 g/mol. The van der Waals surface area contributed by atoms with Gasteiger partial charge in [0.05, 0.1) is 15.9 Å². The second-order valence-electron chi connectivity index (χ2n) is 9.41. The van der Waals surface area contributed by atoms with Crippen LogP contribution in [-0.2, 0) is 27.8 Å². The molecule has 2 aliphatic carbocycles. The molecule has 2 saturated carbocycles. The number of carbonyl (C=O) groups is 1. The van der Waals surface area contributed by atoms with Gasteiger partial charge in [-0.1, -0.05) is 6.42 Å². The summed E-state index contributed by atoms with van der Waals surface area (Å²) < 4.78 is 28.2. The molecule has 7 nitrogen and oxygen atoms in total. The zero-order valence-corrected chi connectivity index (χ0v) is 19.8. The fourth-order valence-corrected chi connectivity index (χ4v) is 6.56. The summed E-state index contributed by atoms with van der Waals surface area (Å²) in [5, 5.41) is 3.23. The van der Waals surface area contributed by atoms with Crippen molar-refractivity contribution in [1.82, 2.24) is 19.2 Å². The van der Waals surface area contributed by atoms with E-state index in [-0.39, 0.29) is 16.8 Å². The number of hydrogen-bond acceptors (Lipinski definition) is 4. The summed E-state index contributed by atoms with van der Waals surface area (Å²) >= 11 is 0. The second kappa shape index (κ2) is 8.54. The van der Waals surface area contributed by atoms with E-state index in [0.29, 0.717) is 24.3 Å². The molecule has 2 aliphatic rings. The Kier molecular flexibility index (Phi) is 6.14. The van der Waals surface area contributed by atoms with Crippen LogP contribution in [0.1, 0.15) is 51.8 Å². The van der Waals surface area contributed by atoms with E-state index in [4.69, 9.17) is 0 Å². The van der Waals surface area contributed by atoms with Crippen LogP contribution in [0.5, 0.6) is 0 Å². The molecule has 1 heterocycles. The number of hydrogen-bond donors (Lipinski definition) is 1. The number of benzene rings is 1. The van der Waals surface area contributed by atoms with Crippen LogP contribution in [0.25, 0.3) is 11.0 Å².